The maximum absolute atomic E-state index is 13.0. The Morgan fingerprint density at radius 3 is 2.14 bits per heavy atom. The number of benzene rings is 1. The average Bonchev–Trinajstić information content (AvgIpc) is 2.54. The largest absolute Gasteiger partial charge is 0.497 e. The summed E-state index contributed by atoms with van der Waals surface area (Å²) in [7, 11) is 3.17. The smallest absolute Gasteiger partial charge is 0.170 e. The molecule has 0 aliphatic heterocycles. The molecule has 1 saturated carbocycles. The van der Waals surface area contributed by atoms with Gasteiger partial charge in [0.2, 0.25) is 0 Å². The van der Waals surface area contributed by atoms with Crippen molar-refractivity contribution in [2.45, 2.75) is 32.6 Å². The van der Waals surface area contributed by atoms with E-state index in [1.54, 1.807) is 32.4 Å². The molecule has 0 unspecified atom stereocenters. The molecule has 4 nitrogen and oxygen atoms in total. The third-order valence-electron chi connectivity index (χ3n) is 4.72. The van der Waals surface area contributed by atoms with Crippen LogP contribution in [0.3, 0.4) is 0 Å². The fraction of sp³-hybridized carbons (Fsp3) is 0.588. The van der Waals surface area contributed by atoms with Gasteiger partial charge in [0.25, 0.3) is 0 Å². The molecule has 21 heavy (non-hydrogen) atoms. The average molecular weight is 291 g/mol. The van der Waals surface area contributed by atoms with Gasteiger partial charge in [0.15, 0.2) is 5.78 Å². The SMILES string of the molecule is COc1cc(OC)cc(C(=O)C2(CN)CCC(C)CC2)c1. The summed E-state index contributed by atoms with van der Waals surface area (Å²) in [5.41, 5.74) is 6.18. The predicted octanol–water partition coefficient (Wildman–Crippen LogP) is 3.04. The van der Waals surface area contributed by atoms with Gasteiger partial charge in [-0.2, -0.15) is 0 Å². The molecule has 4 heteroatoms. The van der Waals surface area contributed by atoms with Crippen molar-refractivity contribution in [3.05, 3.63) is 23.8 Å². The van der Waals surface area contributed by atoms with Crippen molar-refractivity contribution in [3.8, 4) is 11.5 Å². The minimum Gasteiger partial charge on any atom is -0.497 e. The molecule has 0 spiro atoms. The zero-order valence-corrected chi connectivity index (χ0v) is 13.1. The third-order valence-corrected chi connectivity index (χ3v) is 4.72. The summed E-state index contributed by atoms with van der Waals surface area (Å²) in [6, 6.07) is 5.33. The molecule has 1 aliphatic carbocycles. The van der Waals surface area contributed by atoms with Gasteiger partial charge >= 0.3 is 0 Å². The van der Waals surface area contributed by atoms with E-state index in [1.165, 1.54) is 0 Å². The summed E-state index contributed by atoms with van der Waals surface area (Å²) in [5, 5.41) is 0. The van der Waals surface area contributed by atoms with Gasteiger partial charge < -0.3 is 15.2 Å². The standard InChI is InChI=1S/C17H25NO3/c1-12-4-6-17(11-18,7-5-12)16(19)13-8-14(20-2)10-15(9-13)21-3/h8-10,12H,4-7,11,18H2,1-3H3. The van der Waals surface area contributed by atoms with Crippen molar-refractivity contribution in [3.63, 3.8) is 0 Å². The van der Waals surface area contributed by atoms with Crippen molar-refractivity contribution in [2.75, 3.05) is 20.8 Å². The second kappa shape index (κ2) is 6.48. The predicted molar refractivity (Wildman–Crippen MR) is 83.0 cm³/mol. The molecule has 2 N–H and O–H groups in total. The van der Waals surface area contributed by atoms with Crippen LogP contribution in [-0.2, 0) is 0 Å². The Kier molecular flexibility index (Phi) is 4.88. The Morgan fingerprint density at radius 1 is 1.19 bits per heavy atom. The molecule has 1 aromatic rings. The first-order valence-corrected chi connectivity index (χ1v) is 7.52. The van der Waals surface area contributed by atoms with E-state index in [0.717, 1.165) is 25.7 Å². The summed E-state index contributed by atoms with van der Waals surface area (Å²) in [6.45, 7) is 2.64. The zero-order valence-electron chi connectivity index (χ0n) is 13.1. The Hall–Kier alpha value is -1.55. The van der Waals surface area contributed by atoms with Gasteiger partial charge in [-0.05, 0) is 43.7 Å². The van der Waals surface area contributed by atoms with Crippen LogP contribution in [-0.4, -0.2) is 26.5 Å². The van der Waals surface area contributed by atoms with Crippen LogP contribution in [0, 0.1) is 11.3 Å². The summed E-state index contributed by atoms with van der Waals surface area (Å²) < 4.78 is 10.5. The lowest BCUT2D eigenvalue weighted by atomic mass is 9.67. The number of ketones is 1. The van der Waals surface area contributed by atoms with E-state index in [-0.39, 0.29) is 5.78 Å². The van der Waals surface area contributed by atoms with Gasteiger partial charge in [0, 0.05) is 23.6 Å². The molecule has 0 bridgehead atoms. The van der Waals surface area contributed by atoms with Gasteiger partial charge in [-0.25, -0.2) is 0 Å². The van der Waals surface area contributed by atoms with E-state index in [4.69, 9.17) is 15.2 Å². The molecule has 1 aromatic carbocycles. The number of Topliss-reactive ketones (excluding diaryl/α,β-unsaturated/α-hetero) is 1. The maximum Gasteiger partial charge on any atom is 0.170 e. The highest BCUT2D eigenvalue weighted by Crippen LogP contribution is 2.41. The Labute approximate surface area is 126 Å². The van der Waals surface area contributed by atoms with E-state index in [2.05, 4.69) is 6.92 Å². The lowest BCUT2D eigenvalue weighted by Crippen LogP contribution is -2.41. The number of methoxy groups -OCH3 is 2. The van der Waals surface area contributed by atoms with Crippen LogP contribution in [0.1, 0.15) is 43.0 Å². The van der Waals surface area contributed by atoms with Crippen LogP contribution in [0.2, 0.25) is 0 Å². The highest BCUT2D eigenvalue weighted by atomic mass is 16.5. The van der Waals surface area contributed by atoms with Crippen molar-refractivity contribution in [2.24, 2.45) is 17.1 Å². The number of rotatable bonds is 5. The van der Waals surface area contributed by atoms with Crippen LogP contribution in [0.25, 0.3) is 0 Å². The van der Waals surface area contributed by atoms with Crippen molar-refractivity contribution >= 4 is 5.78 Å². The van der Waals surface area contributed by atoms with Gasteiger partial charge in [-0.1, -0.05) is 6.92 Å². The van der Waals surface area contributed by atoms with Crippen molar-refractivity contribution in [1.29, 1.82) is 0 Å². The molecule has 1 fully saturated rings. The lowest BCUT2D eigenvalue weighted by Gasteiger charge is -2.37. The van der Waals surface area contributed by atoms with Crippen LogP contribution in [0.5, 0.6) is 11.5 Å². The fourth-order valence-electron chi connectivity index (χ4n) is 3.08. The normalized spacial score (nSPS) is 25.4. The lowest BCUT2D eigenvalue weighted by molar-refractivity contribution is 0.0694. The first-order chi connectivity index (χ1) is 10.0. The number of nitrogens with two attached hydrogens (primary N) is 1. The monoisotopic (exact) mass is 291 g/mol. The minimum absolute atomic E-state index is 0.120. The zero-order chi connectivity index (χ0) is 15.5. The number of carbonyl (C=O) groups excluding carboxylic acids is 1. The maximum atomic E-state index is 13.0. The van der Waals surface area contributed by atoms with Gasteiger partial charge in [-0.15, -0.1) is 0 Å². The molecule has 0 saturated heterocycles. The molecule has 0 aromatic heterocycles. The number of carbonyl (C=O) groups is 1. The molecule has 1 aliphatic rings. The van der Waals surface area contributed by atoms with Gasteiger partial charge in [0.1, 0.15) is 11.5 Å². The quantitative estimate of drug-likeness (QED) is 0.847. The van der Waals surface area contributed by atoms with E-state index in [0.29, 0.717) is 29.5 Å². The number of hydrogen-bond acceptors (Lipinski definition) is 4. The molecule has 2 rings (SSSR count). The highest BCUT2D eigenvalue weighted by molar-refractivity contribution is 6.01. The minimum atomic E-state index is -0.427. The summed E-state index contributed by atoms with van der Waals surface area (Å²) in [4.78, 5) is 13.0. The molecule has 0 amide bonds. The molecule has 0 radical (unpaired) electrons. The number of hydrogen-bond donors (Lipinski definition) is 1. The van der Waals surface area contributed by atoms with Crippen molar-refractivity contribution < 1.29 is 14.3 Å². The third kappa shape index (κ3) is 3.21. The molecule has 0 heterocycles. The molecule has 0 atom stereocenters. The van der Waals surface area contributed by atoms with E-state index < -0.39 is 5.41 Å². The first-order valence-electron chi connectivity index (χ1n) is 7.52. The molecular formula is C17H25NO3. The van der Waals surface area contributed by atoms with Gasteiger partial charge in [0.05, 0.1) is 14.2 Å². The molecular weight excluding hydrogens is 266 g/mol. The van der Waals surface area contributed by atoms with Crippen LogP contribution in [0.4, 0.5) is 0 Å². The summed E-state index contributed by atoms with van der Waals surface area (Å²) in [5.74, 6) is 2.06. The molecule has 116 valence electrons. The van der Waals surface area contributed by atoms with E-state index in [1.807, 2.05) is 0 Å². The van der Waals surface area contributed by atoms with Crippen molar-refractivity contribution in [1.82, 2.24) is 0 Å². The second-order valence-corrected chi connectivity index (χ2v) is 6.10. The highest BCUT2D eigenvalue weighted by Gasteiger charge is 2.40. The fourth-order valence-corrected chi connectivity index (χ4v) is 3.08. The van der Waals surface area contributed by atoms with Crippen LogP contribution >= 0.6 is 0 Å². The van der Waals surface area contributed by atoms with E-state index >= 15 is 0 Å². The first kappa shape index (κ1) is 15.8. The Morgan fingerprint density at radius 2 is 1.71 bits per heavy atom. The summed E-state index contributed by atoms with van der Waals surface area (Å²) >= 11 is 0. The summed E-state index contributed by atoms with van der Waals surface area (Å²) in [6.07, 6.45) is 3.85. The second-order valence-electron chi connectivity index (χ2n) is 6.10. The van der Waals surface area contributed by atoms with Crippen LogP contribution < -0.4 is 15.2 Å². The van der Waals surface area contributed by atoms with Crippen LogP contribution in [0.15, 0.2) is 18.2 Å². The topological polar surface area (TPSA) is 61.5 Å². The Bertz CT molecular complexity index is 483. The van der Waals surface area contributed by atoms with Gasteiger partial charge in [-0.3, -0.25) is 4.79 Å². The Balaban J connectivity index is 2.33. The van der Waals surface area contributed by atoms with E-state index in [9.17, 15) is 4.79 Å². The number of ether oxygens (including phenoxy) is 2.